The van der Waals surface area contributed by atoms with E-state index in [1.165, 1.54) is 32.1 Å². The van der Waals surface area contributed by atoms with Crippen molar-refractivity contribution in [3.63, 3.8) is 0 Å². The first kappa shape index (κ1) is 16.0. The molecule has 0 aliphatic heterocycles. The Hall–Kier alpha value is -1.01. The topological polar surface area (TPSA) is 64.9 Å². The maximum atomic E-state index is 4.98. The minimum absolute atomic E-state index is 0.701. The molecule has 6 heteroatoms. The van der Waals surface area contributed by atoms with Crippen LogP contribution in [0.2, 0.25) is 0 Å². The van der Waals surface area contributed by atoms with Crippen molar-refractivity contribution in [2.75, 3.05) is 20.3 Å². The van der Waals surface area contributed by atoms with Crippen molar-refractivity contribution in [3.8, 4) is 0 Å². The Kier molecular flexibility index (Phi) is 9.18. The van der Waals surface area contributed by atoms with E-state index in [0.29, 0.717) is 13.2 Å². The number of ether oxygens (including phenoxy) is 1. The number of unbranched alkanes of at least 4 members (excludes halogenated alkanes) is 5. The summed E-state index contributed by atoms with van der Waals surface area (Å²) in [6.07, 6.45) is 7.72. The van der Waals surface area contributed by atoms with Crippen LogP contribution in [0.5, 0.6) is 0 Å². The number of hydrogen-bond donors (Lipinski definition) is 1. The molecule has 0 amide bonds. The Morgan fingerprint density at radius 1 is 1.16 bits per heavy atom. The van der Waals surface area contributed by atoms with Crippen LogP contribution in [0.3, 0.4) is 0 Å². The zero-order valence-electron chi connectivity index (χ0n) is 12.3. The molecule has 1 heterocycles. The number of hydrogen-bond acceptors (Lipinski definition) is 5. The molecule has 0 atom stereocenters. The summed E-state index contributed by atoms with van der Waals surface area (Å²) in [5, 5.41) is 15.1. The quantitative estimate of drug-likeness (QED) is 0.586. The highest BCUT2D eigenvalue weighted by atomic mass is 16.5. The van der Waals surface area contributed by atoms with Gasteiger partial charge in [0.2, 0.25) is 0 Å². The van der Waals surface area contributed by atoms with Crippen LogP contribution in [0.4, 0.5) is 0 Å². The monoisotopic (exact) mass is 269 g/mol. The van der Waals surface area contributed by atoms with Gasteiger partial charge in [-0.3, -0.25) is 0 Å². The third-order valence-electron chi connectivity index (χ3n) is 3.10. The van der Waals surface area contributed by atoms with Crippen molar-refractivity contribution in [1.29, 1.82) is 0 Å². The van der Waals surface area contributed by atoms with Crippen LogP contribution in [0.1, 0.15) is 51.3 Å². The zero-order chi connectivity index (χ0) is 13.8. The van der Waals surface area contributed by atoms with E-state index in [1.807, 2.05) is 4.68 Å². The molecule has 0 fully saturated rings. The maximum Gasteiger partial charge on any atom is 0.165 e. The Labute approximate surface area is 115 Å². The molecule has 0 aliphatic carbocycles. The summed E-state index contributed by atoms with van der Waals surface area (Å²) in [7, 11) is 1.70. The van der Waals surface area contributed by atoms with Crippen LogP contribution in [0.25, 0.3) is 0 Å². The van der Waals surface area contributed by atoms with Gasteiger partial charge in [0.1, 0.15) is 0 Å². The highest BCUT2D eigenvalue weighted by Crippen LogP contribution is 2.06. The lowest BCUT2D eigenvalue weighted by molar-refractivity contribution is 0.198. The predicted octanol–water partition coefficient (Wildman–Crippen LogP) is 1.77. The minimum Gasteiger partial charge on any atom is -0.383 e. The van der Waals surface area contributed by atoms with Gasteiger partial charge in [-0.15, -0.1) is 5.10 Å². The molecular weight excluding hydrogens is 242 g/mol. The van der Waals surface area contributed by atoms with Gasteiger partial charge in [-0.05, 0) is 16.8 Å². The van der Waals surface area contributed by atoms with E-state index >= 15 is 0 Å². The third kappa shape index (κ3) is 7.22. The molecule has 6 nitrogen and oxygen atoms in total. The summed E-state index contributed by atoms with van der Waals surface area (Å²) in [6, 6.07) is 0. The SMILES string of the molecule is CCCCCCCCn1nnnc1CNCCOC. The van der Waals surface area contributed by atoms with E-state index in [0.717, 1.165) is 25.3 Å². The highest BCUT2D eigenvalue weighted by molar-refractivity contribution is 4.79. The van der Waals surface area contributed by atoms with Gasteiger partial charge >= 0.3 is 0 Å². The first-order chi connectivity index (χ1) is 9.38. The molecule has 0 saturated carbocycles. The van der Waals surface area contributed by atoms with Crippen LogP contribution < -0.4 is 5.32 Å². The van der Waals surface area contributed by atoms with E-state index < -0.39 is 0 Å². The number of nitrogens with one attached hydrogen (secondary N) is 1. The lowest BCUT2D eigenvalue weighted by Gasteiger charge is -2.06. The summed E-state index contributed by atoms with van der Waals surface area (Å²) < 4.78 is 6.88. The number of aromatic nitrogens is 4. The lowest BCUT2D eigenvalue weighted by atomic mass is 10.1. The van der Waals surface area contributed by atoms with E-state index in [1.54, 1.807) is 7.11 Å². The average Bonchev–Trinajstić information content (AvgIpc) is 2.86. The first-order valence-electron chi connectivity index (χ1n) is 7.33. The summed E-state index contributed by atoms with van der Waals surface area (Å²) in [5.41, 5.74) is 0. The molecule has 19 heavy (non-hydrogen) atoms. The van der Waals surface area contributed by atoms with Gasteiger partial charge in [0.25, 0.3) is 0 Å². The molecule has 0 saturated heterocycles. The van der Waals surface area contributed by atoms with Crippen molar-refractivity contribution >= 4 is 0 Å². The molecule has 110 valence electrons. The number of rotatable bonds is 12. The van der Waals surface area contributed by atoms with Gasteiger partial charge in [0.15, 0.2) is 5.82 Å². The molecule has 1 N–H and O–H groups in total. The molecule has 0 radical (unpaired) electrons. The van der Waals surface area contributed by atoms with Crippen LogP contribution in [-0.4, -0.2) is 40.5 Å². The molecule has 0 aliphatic rings. The Morgan fingerprint density at radius 3 is 2.74 bits per heavy atom. The van der Waals surface area contributed by atoms with Gasteiger partial charge < -0.3 is 10.1 Å². The second kappa shape index (κ2) is 10.9. The van der Waals surface area contributed by atoms with E-state index in [9.17, 15) is 0 Å². The molecule has 1 aromatic heterocycles. The first-order valence-corrected chi connectivity index (χ1v) is 7.33. The third-order valence-corrected chi connectivity index (χ3v) is 3.10. The number of nitrogens with zero attached hydrogens (tertiary/aromatic N) is 4. The van der Waals surface area contributed by atoms with Gasteiger partial charge in [-0.1, -0.05) is 39.0 Å². The number of aryl methyl sites for hydroxylation is 1. The van der Waals surface area contributed by atoms with Gasteiger partial charge in [-0.25, -0.2) is 4.68 Å². The fraction of sp³-hybridized carbons (Fsp3) is 0.923. The summed E-state index contributed by atoms with van der Waals surface area (Å²) in [5.74, 6) is 0.907. The predicted molar refractivity (Wildman–Crippen MR) is 74.8 cm³/mol. The summed E-state index contributed by atoms with van der Waals surface area (Å²) in [6.45, 7) is 5.38. The minimum atomic E-state index is 0.701. The van der Waals surface area contributed by atoms with Crippen LogP contribution >= 0.6 is 0 Å². The molecule has 1 rings (SSSR count). The molecule has 0 unspecified atom stereocenters. The fourth-order valence-corrected chi connectivity index (χ4v) is 1.94. The lowest BCUT2D eigenvalue weighted by Crippen LogP contribution is -2.21. The average molecular weight is 269 g/mol. The Morgan fingerprint density at radius 2 is 1.95 bits per heavy atom. The van der Waals surface area contributed by atoms with Crippen molar-refractivity contribution in [1.82, 2.24) is 25.5 Å². The normalized spacial score (nSPS) is 11.1. The van der Waals surface area contributed by atoms with Gasteiger partial charge in [0.05, 0.1) is 13.2 Å². The zero-order valence-corrected chi connectivity index (χ0v) is 12.3. The second-order valence-electron chi connectivity index (χ2n) is 4.76. The van der Waals surface area contributed by atoms with Crippen LogP contribution in [0, 0.1) is 0 Å². The molecule has 0 bridgehead atoms. The standard InChI is InChI=1S/C13H27N5O/c1-3-4-5-6-7-8-10-18-13(15-16-17-18)12-14-9-11-19-2/h14H,3-12H2,1-2H3. The van der Waals surface area contributed by atoms with Crippen molar-refractivity contribution in [2.24, 2.45) is 0 Å². The van der Waals surface area contributed by atoms with Crippen molar-refractivity contribution < 1.29 is 4.74 Å². The summed E-state index contributed by atoms with van der Waals surface area (Å²) >= 11 is 0. The van der Waals surface area contributed by atoms with E-state index in [4.69, 9.17) is 4.74 Å². The molecule has 1 aromatic rings. The highest BCUT2D eigenvalue weighted by Gasteiger charge is 2.04. The van der Waals surface area contributed by atoms with Gasteiger partial charge in [0, 0.05) is 20.2 Å². The maximum absolute atomic E-state index is 4.98. The van der Waals surface area contributed by atoms with Crippen molar-refractivity contribution in [2.45, 2.75) is 58.5 Å². The van der Waals surface area contributed by atoms with Crippen LogP contribution in [0.15, 0.2) is 0 Å². The van der Waals surface area contributed by atoms with Crippen LogP contribution in [-0.2, 0) is 17.8 Å². The van der Waals surface area contributed by atoms with E-state index in [2.05, 4.69) is 27.8 Å². The Balaban J connectivity index is 2.13. The van der Waals surface area contributed by atoms with E-state index in [-0.39, 0.29) is 0 Å². The largest absolute Gasteiger partial charge is 0.383 e. The second-order valence-corrected chi connectivity index (χ2v) is 4.76. The molecule has 0 spiro atoms. The number of methoxy groups -OCH3 is 1. The van der Waals surface area contributed by atoms with Gasteiger partial charge in [-0.2, -0.15) is 0 Å². The molecule has 0 aromatic carbocycles. The van der Waals surface area contributed by atoms with Crippen molar-refractivity contribution in [3.05, 3.63) is 5.82 Å². The Bertz CT molecular complexity index is 316. The fourth-order valence-electron chi connectivity index (χ4n) is 1.94. The smallest absolute Gasteiger partial charge is 0.165 e. The summed E-state index contributed by atoms with van der Waals surface area (Å²) in [4.78, 5) is 0. The molecular formula is C13H27N5O. The number of tetrazole rings is 1.